The number of nitrogens with two attached hydrogens (primary N) is 1. The van der Waals surface area contributed by atoms with E-state index in [1.165, 1.54) is 17.0 Å². The predicted molar refractivity (Wildman–Crippen MR) is 67.8 cm³/mol. The van der Waals surface area contributed by atoms with Crippen molar-refractivity contribution >= 4 is 5.91 Å². The van der Waals surface area contributed by atoms with Crippen molar-refractivity contribution in [1.29, 1.82) is 0 Å². The van der Waals surface area contributed by atoms with Crippen molar-refractivity contribution in [3.05, 3.63) is 29.6 Å². The third kappa shape index (κ3) is 4.00. The second-order valence-corrected chi connectivity index (χ2v) is 4.37. The molecule has 0 saturated heterocycles. The highest BCUT2D eigenvalue weighted by Crippen LogP contribution is 2.21. The molecule has 0 fully saturated rings. The Balaban J connectivity index is 2.56. The van der Waals surface area contributed by atoms with Crippen LogP contribution in [0.25, 0.3) is 0 Å². The van der Waals surface area contributed by atoms with Gasteiger partial charge >= 0.3 is 0 Å². The van der Waals surface area contributed by atoms with Crippen LogP contribution in [0, 0.1) is 5.82 Å². The molecule has 1 aromatic rings. The molecule has 2 N–H and O–H groups in total. The first-order valence-electron chi connectivity index (χ1n) is 5.79. The molecular formula is C13H19FN2O2. The molecule has 0 spiro atoms. The van der Waals surface area contributed by atoms with Gasteiger partial charge in [-0.25, -0.2) is 4.39 Å². The molecule has 5 heteroatoms. The summed E-state index contributed by atoms with van der Waals surface area (Å²) in [6.07, 6.45) is 0.224. The second-order valence-electron chi connectivity index (χ2n) is 4.37. The first-order chi connectivity index (χ1) is 8.41. The van der Waals surface area contributed by atoms with Gasteiger partial charge in [-0.05, 0) is 24.6 Å². The zero-order valence-corrected chi connectivity index (χ0v) is 10.9. The van der Waals surface area contributed by atoms with Gasteiger partial charge in [0.05, 0.1) is 13.0 Å². The molecule has 4 nitrogen and oxygen atoms in total. The number of carbonyl (C=O) groups excluding carboxylic acids is 1. The van der Waals surface area contributed by atoms with Crippen molar-refractivity contribution in [2.45, 2.75) is 19.4 Å². The molecular weight excluding hydrogens is 235 g/mol. The number of amides is 1. The van der Waals surface area contributed by atoms with Crippen LogP contribution in [0.15, 0.2) is 18.2 Å². The first kappa shape index (κ1) is 14.4. The van der Waals surface area contributed by atoms with Crippen molar-refractivity contribution in [3.8, 4) is 5.75 Å². The average molecular weight is 254 g/mol. The summed E-state index contributed by atoms with van der Waals surface area (Å²) in [5.74, 6) is -0.365. The van der Waals surface area contributed by atoms with E-state index >= 15 is 0 Å². The van der Waals surface area contributed by atoms with Gasteiger partial charge < -0.3 is 15.4 Å². The minimum atomic E-state index is -0.456. The topological polar surface area (TPSA) is 55.6 Å². The highest BCUT2D eigenvalue weighted by molar-refractivity contribution is 5.75. The van der Waals surface area contributed by atoms with Crippen molar-refractivity contribution in [1.82, 2.24) is 4.90 Å². The minimum absolute atomic E-state index is 0.0531. The first-order valence-corrected chi connectivity index (χ1v) is 5.79. The van der Waals surface area contributed by atoms with Crippen LogP contribution in [0.4, 0.5) is 4.39 Å². The molecule has 0 aliphatic carbocycles. The van der Waals surface area contributed by atoms with Gasteiger partial charge in [-0.1, -0.05) is 6.07 Å². The highest BCUT2D eigenvalue weighted by Gasteiger charge is 2.09. The molecule has 0 aliphatic rings. The second kappa shape index (κ2) is 6.35. The summed E-state index contributed by atoms with van der Waals surface area (Å²) in [7, 11) is 3.33. The molecule has 100 valence electrons. The maximum absolute atomic E-state index is 13.6. The van der Waals surface area contributed by atoms with Crippen LogP contribution in [-0.2, 0) is 4.79 Å². The number of hydrogen-bond donors (Lipinski definition) is 1. The number of ether oxygens (including phenoxy) is 1. The van der Waals surface area contributed by atoms with Gasteiger partial charge in [-0.15, -0.1) is 0 Å². The average Bonchev–Trinajstić information content (AvgIpc) is 2.30. The Morgan fingerprint density at radius 2 is 2.17 bits per heavy atom. The Bertz CT molecular complexity index is 419. The van der Waals surface area contributed by atoms with Crippen LogP contribution >= 0.6 is 0 Å². The van der Waals surface area contributed by atoms with E-state index in [1.54, 1.807) is 27.1 Å². The highest BCUT2D eigenvalue weighted by atomic mass is 19.1. The third-order valence-corrected chi connectivity index (χ3v) is 2.55. The number of rotatable bonds is 5. The van der Waals surface area contributed by atoms with Crippen LogP contribution in [0.2, 0.25) is 0 Å². The number of halogens is 1. The molecule has 0 saturated carbocycles. The molecule has 0 bridgehead atoms. The van der Waals surface area contributed by atoms with E-state index in [-0.39, 0.29) is 30.7 Å². The quantitative estimate of drug-likeness (QED) is 0.870. The van der Waals surface area contributed by atoms with E-state index in [0.29, 0.717) is 5.56 Å². The molecule has 0 aliphatic heterocycles. The lowest BCUT2D eigenvalue weighted by atomic mass is 10.1. The van der Waals surface area contributed by atoms with Gasteiger partial charge in [-0.3, -0.25) is 4.79 Å². The number of hydrogen-bond acceptors (Lipinski definition) is 3. The zero-order valence-electron chi connectivity index (χ0n) is 10.9. The zero-order chi connectivity index (χ0) is 13.7. The Morgan fingerprint density at radius 3 is 2.67 bits per heavy atom. The summed E-state index contributed by atoms with van der Waals surface area (Å²) in [5, 5.41) is 0. The molecule has 18 heavy (non-hydrogen) atoms. The fourth-order valence-corrected chi connectivity index (χ4v) is 1.39. The Labute approximate surface area is 107 Å². The summed E-state index contributed by atoms with van der Waals surface area (Å²) in [6, 6.07) is 4.39. The molecule has 0 unspecified atom stereocenters. The van der Waals surface area contributed by atoms with Gasteiger partial charge in [0.1, 0.15) is 0 Å². The van der Waals surface area contributed by atoms with E-state index in [1.807, 2.05) is 0 Å². The number of carbonyl (C=O) groups is 1. The molecule has 0 aromatic heterocycles. The fourth-order valence-electron chi connectivity index (χ4n) is 1.39. The van der Waals surface area contributed by atoms with Crippen LogP contribution in [0.3, 0.4) is 0 Å². The van der Waals surface area contributed by atoms with E-state index in [9.17, 15) is 9.18 Å². The van der Waals surface area contributed by atoms with Gasteiger partial charge in [0.2, 0.25) is 5.91 Å². The van der Waals surface area contributed by atoms with Gasteiger partial charge in [0.25, 0.3) is 0 Å². The molecule has 1 aromatic carbocycles. The Morgan fingerprint density at radius 1 is 1.50 bits per heavy atom. The van der Waals surface area contributed by atoms with E-state index in [0.717, 1.165) is 0 Å². The smallest absolute Gasteiger partial charge is 0.225 e. The molecule has 1 amide bonds. The lowest BCUT2D eigenvalue weighted by molar-refractivity contribution is -0.129. The van der Waals surface area contributed by atoms with Crippen molar-refractivity contribution in [3.63, 3.8) is 0 Å². The van der Waals surface area contributed by atoms with Crippen LogP contribution in [0.5, 0.6) is 5.75 Å². The monoisotopic (exact) mass is 254 g/mol. The lowest BCUT2D eigenvalue weighted by Crippen LogP contribution is -2.23. The maximum Gasteiger partial charge on any atom is 0.225 e. The molecule has 0 radical (unpaired) electrons. The van der Waals surface area contributed by atoms with Crippen LogP contribution < -0.4 is 10.5 Å². The van der Waals surface area contributed by atoms with E-state index < -0.39 is 5.82 Å². The van der Waals surface area contributed by atoms with Crippen LogP contribution in [-0.4, -0.2) is 31.5 Å². The van der Waals surface area contributed by atoms with Crippen molar-refractivity contribution in [2.24, 2.45) is 5.73 Å². The van der Waals surface area contributed by atoms with Gasteiger partial charge in [-0.2, -0.15) is 0 Å². The minimum Gasteiger partial charge on any atom is -0.490 e. The number of benzene rings is 1. The van der Waals surface area contributed by atoms with Crippen LogP contribution in [0.1, 0.15) is 24.9 Å². The van der Waals surface area contributed by atoms with E-state index in [2.05, 4.69) is 0 Å². The van der Waals surface area contributed by atoms with Crippen molar-refractivity contribution in [2.75, 3.05) is 20.7 Å². The summed E-state index contributed by atoms with van der Waals surface area (Å²) < 4.78 is 18.8. The summed E-state index contributed by atoms with van der Waals surface area (Å²) in [4.78, 5) is 12.8. The van der Waals surface area contributed by atoms with E-state index in [4.69, 9.17) is 10.5 Å². The summed E-state index contributed by atoms with van der Waals surface area (Å²) in [5.41, 5.74) is 6.36. The van der Waals surface area contributed by atoms with Gasteiger partial charge in [0, 0.05) is 20.1 Å². The molecule has 0 heterocycles. The third-order valence-electron chi connectivity index (χ3n) is 2.55. The van der Waals surface area contributed by atoms with Crippen molar-refractivity contribution < 1.29 is 13.9 Å². The van der Waals surface area contributed by atoms with Gasteiger partial charge in [0.15, 0.2) is 11.6 Å². The Kier molecular flexibility index (Phi) is 5.09. The predicted octanol–water partition coefficient (Wildman–Crippen LogP) is 1.70. The fraction of sp³-hybridized carbons (Fsp3) is 0.462. The lowest BCUT2D eigenvalue weighted by Gasteiger charge is -2.12. The number of nitrogens with zero attached hydrogens (tertiary/aromatic N) is 1. The SMILES string of the molecule is C[C@@H](N)c1ccc(OCCC(=O)N(C)C)c(F)c1. The standard InChI is InChI=1S/C13H19FN2O2/c1-9(15)10-4-5-12(11(14)8-10)18-7-6-13(17)16(2)3/h4-5,8-9H,6-7,15H2,1-3H3/t9-/m1/s1. The maximum atomic E-state index is 13.6. The largest absolute Gasteiger partial charge is 0.490 e. The molecule has 1 atom stereocenters. The summed E-state index contributed by atoms with van der Waals surface area (Å²) in [6.45, 7) is 1.94. The normalized spacial score (nSPS) is 12.1. The Hall–Kier alpha value is -1.62. The summed E-state index contributed by atoms with van der Waals surface area (Å²) >= 11 is 0. The molecule has 1 rings (SSSR count).